The van der Waals surface area contributed by atoms with Crippen LogP contribution < -0.4 is 10.6 Å². The van der Waals surface area contributed by atoms with Crippen LogP contribution in [0.5, 0.6) is 0 Å². The average molecular weight is 317 g/mol. The highest BCUT2D eigenvalue weighted by Crippen LogP contribution is 2.18. The summed E-state index contributed by atoms with van der Waals surface area (Å²) in [6, 6.07) is 7.96. The molecular formula is C15H19N5OS. The Balaban J connectivity index is 1.52. The molecule has 6 nitrogen and oxygen atoms in total. The summed E-state index contributed by atoms with van der Waals surface area (Å²) in [5, 5.41) is 13.8. The first kappa shape index (κ1) is 15.1. The highest BCUT2D eigenvalue weighted by atomic mass is 32.2. The van der Waals surface area contributed by atoms with Crippen LogP contribution in [0.4, 0.5) is 0 Å². The maximum absolute atomic E-state index is 12.2. The first-order valence-corrected chi connectivity index (χ1v) is 8.38. The van der Waals surface area contributed by atoms with E-state index in [-0.39, 0.29) is 11.9 Å². The normalized spacial score (nSPS) is 18.1. The monoisotopic (exact) mass is 317 g/mol. The summed E-state index contributed by atoms with van der Waals surface area (Å²) in [5.74, 6) is 0.798. The summed E-state index contributed by atoms with van der Waals surface area (Å²) in [6.45, 7) is 1.90. The molecule has 3 N–H and O–H groups in total. The van der Waals surface area contributed by atoms with Crippen molar-refractivity contribution < 1.29 is 4.79 Å². The number of piperidine rings is 1. The van der Waals surface area contributed by atoms with E-state index in [1.54, 1.807) is 11.8 Å². The van der Waals surface area contributed by atoms with Crippen LogP contribution in [0.25, 0.3) is 0 Å². The number of aromatic nitrogens is 3. The summed E-state index contributed by atoms with van der Waals surface area (Å²) < 4.78 is 0. The summed E-state index contributed by atoms with van der Waals surface area (Å²) in [4.78, 5) is 16.3. The smallest absolute Gasteiger partial charge is 0.251 e. The Morgan fingerprint density at radius 3 is 2.91 bits per heavy atom. The molecule has 1 fully saturated rings. The molecule has 2 heterocycles. The predicted molar refractivity (Wildman–Crippen MR) is 85.7 cm³/mol. The molecule has 0 bridgehead atoms. The van der Waals surface area contributed by atoms with Crippen LogP contribution in [0.2, 0.25) is 0 Å². The number of rotatable bonds is 5. The van der Waals surface area contributed by atoms with E-state index >= 15 is 0 Å². The molecule has 0 radical (unpaired) electrons. The maximum atomic E-state index is 12.2. The van der Waals surface area contributed by atoms with Gasteiger partial charge in [-0.15, -0.1) is 0 Å². The molecule has 1 aliphatic rings. The Morgan fingerprint density at radius 2 is 2.23 bits per heavy atom. The van der Waals surface area contributed by atoms with Gasteiger partial charge in [-0.3, -0.25) is 9.89 Å². The first-order valence-electron chi connectivity index (χ1n) is 7.40. The molecule has 0 saturated carbocycles. The van der Waals surface area contributed by atoms with Gasteiger partial charge in [-0.1, -0.05) is 23.9 Å². The number of carbonyl (C=O) groups excluding carboxylic acids is 1. The van der Waals surface area contributed by atoms with Gasteiger partial charge in [0.25, 0.3) is 5.91 Å². The Labute approximate surface area is 133 Å². The molecule has 116 valence electrons. The van der Waals surface area contributed by atoms with Gasteiger partial charge in [-0.25, -0.2) is 4.98 Å². The van der Waals surface area contributed by atoms with Gasteiger partial charge in [-0.05, 0) is 37.1 Å². The average Bonchev–Trinajstić information content (AvgIpc) is 3.08. The number of aromatic amines is 1. The molecule has 1 unspecified atom stereocenters. The fraction of sp³-hybridized carbons (Fsp3) is 0.400. The topological polar surface area (TPSA) is 82.7 Å². The summed E-state index contributed by atoms with van der Waals surface area (Å²) in [5.41, 5.74) is 1.86. The fourth-order valence-electron chi connectivity index (χ4n) is 2.41. The Hall–Kier alpha value is -1.86. The Morgan fingerprint density at radius 1 is 1.36 bits per heavy atom. The number of thioether (sulfide) groups is 1. The van der Waals surface area contributed by atoms with Crippen LogP contribution in [0, 0.1) is 0 Å². The molecule has 1 aromatic carbocycles. The second-order valence-electron chi connectivity index (χ2n) is 5.29. The minimum absolute atomic E-state index is 0.00291. The van der Waals surface area contributed by atoms with E-state index in [2.05, 4.69) is 25.8 Å². The number of hydrogen-bond donors (Lipinski definition) is 3. The summed E-state index contributed by atoms with van der Waals surface area (Å²) >= 11 is 1.58. The van der Waals surface area contributed by atoms with E-state index in [0.717, 1.165) is 42.4 Å². The predicted octanol–water partition coefficient (Wildman–Crippen LogP) is 1.58. The van der Waals surface area contributed by atoms with Crippen LogP contribution in [-0.2, 0) is 5.75 Å². The van der Waals surface area contributed by atoms with E-state index in [1.807, 2.05) is 24.3 Å². The second kappa shape index (κ2) is 7.42. The SMILES string of the molecule is O=C(NC1CCCNC1)c1ccc(CSc2ncn[nH]2)cc1. The van der Waals surface area contributed by atoms with Crippen LogP contribution in [0.15, 0.2) is 35.7 Å². The van der Waals surface area contributed by atoms with Crippen molar-refractivity contribution in [1.29, 1.82) is 0 Å². The van der Waals surface area contributed by atoms with E-state index in [9.17, 15) is 4.79 Å². The number of nitrogens with zero attached hydrogens (tertiary/aromatic N) is 2. The molecule has 2 aromatic rings. The molecule has 1 atom stereocenters. The lowest BCUT2D eigenvalue weighted by Crippen LogP contribution is -2.45. The molecule has 3 rings (SSSR count). The number of benzene rings is 1. The number of H-pyrrole nitrogens is 1. The molecule has 0 aliphatic carbocycles. The van der Waals surface area contributed by atoms with E-state index < -0.39 is 0 Å². The largest absolute Gasteiger partial charge is 0.348 e. The summed E-state index contributed by atoms with van der Waals surface area (Å²) in [6.07, 6.45) is 3.66. The van der Waals surface area contributed by atoms with Crippen molar-refractivity contribution in [1.82, 2.24) is 25.8 Å². The van der Waals surface area contributed by atoms with Gasteiger partial charge in [-0.2, -0.15) is 5.10 Å². The zero-order valence-corrected chi connectivity index (χ0v) is 13.0. The summed E-state index contributed by atoms with van der Waals surface area (Å²) in [7, 11) is 0. The number of hydrogen-bond acceptors (Lipinski definition) is 5. The molecule has 1 amide bonds. The minimum atomic E-state index is 0.00291. The van der Waals surface area contributed by atoms with Crippen LogP contribution in [-0.4, -0.2) is 40.2 Å². The lowest BCUT2D eigenvalue weighted by Gasteiger charge is -2.23. The van der Waals surface area contributed by atoms with Gasteiger partial charge < -0.3 is 10.6 Å². The molecular weight excluding hydrogens is 298 g/mol. The van der Waals surface area contributed by atoms with E-state index in [0.29, 0.717) is 5.56 Å². The molecule has 0 spiro atoms. The highest BCUT2D eigenvalue weighted by molar-refractivity contribution is 7.98. The van der Waals surface area contributed by atoms with Crippen LogP contribution >= 0.6 is 11.8 Å². The zero-order chi connectivity index (χ0) is 15.2. The van der Waals surface area contributed by atoms with Crippen molar-refractivity contribution in [3.05, 3.63) is 41.7 Å². The Kier molecular flexibility index (Phi) is 5.07. The van der Waals surface area contributed by atoms with Crippen LogP contribution in [0.1, 0.15) is 28.8 Å². The quantitative estimate of drug-likeness (QED) is 0.729. The first-order chi connectivity index (χ1) is 10.8. The van der Waals surface area contributed by atoms with Gasteiger partial charge in [0.15, 0.2) is 5.16 Å². The lowest BCUT2D eigenvalue weighted by atomic mass is 10.1. The molecule has 1 aliphatic heterocycles. The third-order valence-corrected chi connectivity index (χ3v) is 4.56. The van der Waals surface area contributed by atoms with Gasteiger partial charge in [0.1, 0.15) is 6.33 Å². The van der Waals surface area contributed by atoms with E-state index in [1.165, 1.54) is 6.33 Å². The van der Waals surface area contributed by atoms with Gasteiger partial charge in [0.2, 0.25) is 0 Å². The van der Waals surface area contributed by atoms with Crippen molar-refractivity contribution in [2.75, 3.05) is 13.1 Å². The number of carbonyl (C=O) groups is 1. The third kappa shape index (κ3) is 4.08. The molecule has 7 heteroatoms. The second-order valence-corrected chi connectivity index (χ2v) is 6.26. The van der Waals surface area contributed by atoms with E-state index in [4.69, 9.17) is 0 Å². The number of amides is 1. The molecule has 22 heavy (non-hydrogen) atoms. The van der Waals surface area contributed by atoms with Crippen molar-refractivity contribution in [3.8, 4) is 0 Å². The minimum Gasteiger partial charge on any atom is -0.348 e. The molecule has 1 aromatic heterocycles. The maximum Gasteiger partial charge on any atom is 0.251 e. The highest BCUT2D eigenvalue weighted by Gasteiger charge is 2.16. The van der Waals surface area contributed by atoms with Crippen molar-refractivity contribution in [3.63, 3.8) is 0 Å². The Bertz CT molecular complexity index is 593. The van der Waals surface area contributed by atoms with Crippen molar-refractivity contribution in [2.45, 2.75) is 29.8 Å². The van der Waals surface area contributed by atoms with Crippen LogP contribution in [0.3, 0.4) is 0 Å². The van der Waals surface area contributed by atoms with Gasteiger partial charge in [0.05, 0.1) is 0 Å². The lowest BCUT2D eigenvalue weighted by molar-refractivity contribution is 0.0930. The van der Waals surface area contributed by atoms with Gasteiger partial charge in [0, 0.05) is 23.9 Å². The van der Waals surface area contributed by atoms with Gasteiger partial charge >= 0.3 is 0 Å². The standard InChI is InChI=1S/C15H19N5OS/c21-14(19-13-2-1-7-16-8-13)12-5-3-11(4-6-12)9-22-15-17-10-18-20-15/h3-6,10,13,16H,1-2,7-9H2,(H,19,21)(H,17,18,20). The zero-order valence-electron chi connectivity index (χ0n) is 12.2. The van der Waals surface area contributed by atoms with Crippen molar-refractivity contribution >= 4 is 17.7 Å². The van der Waals surface area contributed by atoms with Crippen molar-refractivity contribution in [2.24, 2.45) is 0 Å². The third-order valence-electron chi connectivity index (χ3n) is 3.62. The molecule has 1 saturated heterocycles. The fourth-order valence-corrected chi connectivity index (χ4v) is 3.15. The number of nitrogens with one attached hydrogen (secondary N) is 3.